The third-order valence-electron chi connectivity index (χ3n) is 3.91. The molecule has 0 saturated heterocycles. The van der Waals surface area contributed by atoms with Crippen molar-refractivity contribution in [3.05, 3.63) is 84.9 Å². The molecule has 3 aromatic carbocycles. The molecular weight excluding hydrogens is 340 g/mol. The van der Waals surface area contributed by atoms with Crippen LogP contribution in [0, 0.1) is 0 Å². The van der Waals surface area contributed by atoms with Gasteiger partial charge in [-0.05, 0) is 55.5 Å². The number of hydrogen-bond donors (Lipinski definition) is 1. The Morgan fingerprint density at radius 2 is 1.37 bits per heavy atom. The van der Waals surface area contributed by atoms with E-state index in [0.717, 1.165) is 5.75 Å². The molecule has 0 aliphatic heterocycles. The Morgan fingerprint density at radius 3 is 1.96 bits per heavy atom. The van der Waals surface area contributed by atoms with Crippen LogP contribution in [-0.2, 0) is 9.59 Å². The number of ether oxygens (including phenoxy) is 1. The molecule has 5 nitrogen and oxygen atoms in total. The van der Waals surface area contributed by atoms with Crippen LogP contribution in [0.5, 0.6) is 11.5 Å². The highest BCUT2D eigenvalue weighted by Gasteiger charge is 2.22. The third kappa shape index (κ3) is 4.73. The highest BCUT2D eigenvalue weighted by Crippen LogP contribution is 2.22. The molecule has 0 atom stereocenters. The molecule has 0 aliphatic carbocycles. The quantitative estimate of drug-likeness (QED) is 0.683. The zero-order valence-electron chi connectivity index (χ0n) is 15.0. The van der Waals surface area contributed by atoms with E-state index in [1.807, 2.05) is 55.5 Å². The van der Waals surface area contributed by atoms with Gasteiger partial charge in [-0.1, -0.05) is 36.4 Å². The smallest absolute Gasteiger partial charge is 0.316 e. The predicted octanol–water partition coefficient (Wildman–Crippen LogP) is 4.47. The number of rotatable bonds is 5. The van der Waals surface area contributed by atoms with Crippen LogP contribution in [-0.4, -0.2) is 18.4 Å². The second-order valence-electron chi connectivity index (χ2n) is 5.78. The normalized spacial score (nSPS) is 10.1. The number of carbonyl (C=O) groups is 2. The second kappa shape index (κ2) is 8.67. The van der Waals surface area contributed by atoms with Crippen molar-refractivity contribution in [1.29, 1.82) is 0 Å². The van der Waals surface area contributed by atoms with E-state index >= 15 is 0 Å². The van der Waals surface area contributed by atoms with Crippen molar-refractivity contribution >= 4 is 23.2 Å². The van der Waals surface area contributed by atoms with Crippen molar-refractivity contribution in [3.8, 4) is 11.5 Å². The lowest BCUT2D eigenvalue weighted by Crippen LogP contribution is -2.39. The molecular formula is C22H20N2O3. The van der Waals surface area contributed by atoms with Gasteiger partial charge in [0.15, 0.2) is 0 Å². The fourth-order valence-corrected chi connectivity index (χ4v) is 2.59. The first-order valence-corrected chi connectivity index (χ1v) is 8.68. The van der Waals surface area contributed by atoms with Gasteiger partial charge in [-0.2, -0.15) is 0 Å². The van der Waals surface area contributed by atoms with Crippen LogP contribution in [0.25, 0.3) is 0 Å². The number of hydrogen-bond acceptors (Lipinski definition) is 3. The number of carbonyl (C=O) groups excluding carboxylic acids is 2. The van der Waals surface area contributed by atoms with E-state index in [0.29, 0.717) is 23.7 Å². The monoisotopic (exact) mass is 360 g/mol. The van der Waals surface area contributed by atoms with Gasteiger partial charge in [0, 0.05) is 17.9 Å². The lowest BCUT2D eigenvalue weighted by molar-refractivity contribution is -0.134. The maximum absolute atomic E-state index is 12.5. The van der Waals surface area contributed by atoms with E-state index in [2.05, 4.69) is 5.32 Å². The summed E-state index contributed by atoms with van der Waals surface area (Å²) in [6, 6.07) is 25.4. The predicted molar refractivity (Wildman–Crippen MR) is 106 cm³/mol. The van der Waals surface area contributed by atoms with Gasteiger partial charge in [-0.15, -0.1) is 0 Å². The molecule has 0 saturated carbocycles. The van der Waals surface area contributed by atoms with E-state index in [9.17, 15) is 9.59 Å². The van der Waals surface area contributed by atoms with Crippen LogP contribution in [0.3, 0.4) is 0 Å². The summed E-state index contributed by atoms with van der Waals surface area (Å²) in [6.45, 7) is 2.23. The molecule has 0 aliphatic rings. The number of para-hydroxylation sites is 2. The number of nitrogens with zero attached hydrogens (tertiary/aromatic N) is 1. The Hall–Kier alpha value is -3.60. The second-order valence-corrected chi connectivity index (χ2v) is 5.78. The highest BCUT2D eigenvalue weighted by atomic mass is 16.5. The number of likely N-dealkylation sites (N-methyl/N-ethyl adjacent to an activating group) is 1. The van der Waals surface area contributed by atoms with E-state index in [1.165, 1.54) is 4.90 Å². The molecule has 3 aromatic rings. The van der Waals surface area contributed by atoms with Crippen LogP contribution in [0.1, 0.15) is 6.92 Å². The summed E-state index contributed by atoms with van der Waals surface area (Å²) in [6.07, 6.45) is 0. The molecule has 0 unspecified atom stereocenters. The lowest BCUT2D eigenvalue weighted by Gasteiger charge is -2.20. The zero-order chi connectivity index (χ0) is 19.1. The maximum atomic E-state index is 12.5. The van der Waals surface area contributed by atoms with Gasteiger partial charge in [0.1, 0.15) is 11.5 Å². The molecule has 0 aromatic heterocycles. The van der Waals surface area contributed by atoms with Gasteiger partial charge < -0.3 is 15.0 Å². The Labute approximate surface area is 158 Å². The number of benzene rings is 3. The van der Waals surface area contributed by atoms with Crippen molar-refractivity contribution in [2.45, 2.75) is 6.92 Å². The number of nitrogens with one attached hydrogen (secondary N) is 1. The van der Waals surface area contributed by atoms with Gasteiger partial charge >= 0.3 is 11.8 Å². The summed E-state index contributed by atoms with van der Waals surface area (Å²) in [5.41, 5.74) is 1.21. The number of amides is 2. The molecule has 136 valence electrons. The average Bonchev–Trinajstić information content (AvgIpc) is 2.71. The van der Waals surface area contributed by atoms with Crippen LogP contribution in [0.15, 0.2) is 84.9 Å². The highest BCUT2D eigenvalue weighted by molar-refractivity contribution is 6.44. The summed E-state index contributed by atoms with van der Waals surface area (Å²) >= 11 is 0. The minimum Gasteiger partial charge on any atom is -0.457 e. The van der Waals surface area contributed by atoms with E-state index < -0.39 is 11.8 Å². The van der Waals surface area contributed by atoms with Crippen LogP contribution >= 0.6 is 0 Å². The maximum Gasteiger partial charge on any atom is 0.316 e. The standard InChI is InChI=1S/C22H20N2O3/c1-2-24(18-9-5-3-6-10-18)22(26)21(25)23-17-13-15-20(16-14-17)27-19-11-7-4-8-12-19/h3-16H,2H2,1H3,(H,23,25). The van der Waals surface area contributed by atoms with Gasteiger partial charge in [0.05, 0.1) is 0 Å². The summed E-state index contributed by atoms with van der Waals surface area (Å²) in [5.74, 6) is 0.0849. The molecule has 3 rings (SSSR count). The van der Waals surface area contributed by atoms with Crippen LogP contribution in [0.2, 0.25) is 0 Å². The summed E-state index contributed by atoms with van der Waals surface area (Å²) in [4.78, 5) is 26.2. The largest absolute Gasteiger partial charge is 0.457 e. The van der Waals surface area contributed by atoms with E-state index in [-0.39, 0.29) is 0 Å². The van der Waals surface area contributed by atoms with Crippen molar-refractivity contribution in [2.75, 3.05) is 16.8 Å². The molecule has 0 fully saturated rings. The minimum atomic E-state index is -0.683. The SMILES string of the molecule is CCN(C(=O)C(=O)Nc1ccc(Oc2ccccc2)cc1)c1ccccc1. The van der Waals surface area contributed by atoms with Crippen LogP contribution in [0.4, 0.5) is 11.4 Å². The first-order valence-electron chi connectivity index (χ1n) is 8.68. The van der Waals surface area contributed by atoms with E-state index in [4.69, 9.17) is 4.74 Å². The Kier molecular flexibility index (Phi) is 5.84. The molecule has 2 amide bonds. The summed E-state index contributed by atoms with van der Waals surface area (Å²) < 4.78 is 5.71. The molecule has 1 N–H and O–H groups in total. The Bertz CT molecular complexity index is 894. The van der Waals surface area contributed by atoms with E-state index in [1.54, 1.807) is 36.4 Å². The van der Waals surface area contributed by atoms with Crippen molar-refractivity contribution in [3.63, 3.8) is 0 Å². The van der Waals surface area contributed by atoms with Gasteiger partial charge in [-0.25, -0.2) is 0 Å². The average molecular weight is 360 g/mol. The first kappa shape index (κ1) is 18.2. The molecule has 0 heterocycles. The lowest BCUT2D eigenvalue weighted by atomic mass is 10.2. The number of anilines is 2. The molecule has 0 bridgehead atoms. The Morgan fingerprint density at radius 1 is 0.815 bits per heavy atom. The van der Waals surface area contributed by atoms with Crippen molar-refractivity contribution in [1.82, 2.24) is 0 Å². The molecule has 27 heavy (non-hydrogen) atoms. The van der Waals surface area contributed by atoms with Gasteiger partial charge in [0.2, 0.25) is 0 Å². The van der Waals surface area contributed by atoms with Crippen LogP contribution < -0.4 is 15.0 Å². The third-order valence-corrected chi connectivity index (χ3v) is 3.91. The van der Waals surface area contributed by atoms with Crippen molar-refractivity contribution < 1.29 is 14.3 Å². The van der Waals surface area contributed by atoms with Gasteiger partial charge in [-0.3, -0.25) is 9.59 Å². The molecule has 0 radical (unpaired) electrons. The fourth-order valence-electron chi connectivity index (χ4n) is 2.59. The molecule has 5 heteroatoms. The zero-order valence-corrected chi connectivity index (χ0v) is 15.0. The summed E-state index contributed by atoms with van der Waals surface area (Å²) in [7, 11) is 0. The van der Waals surface area contributed by atoms with Crippen molar-refractivity contribution in [2.24, 2.45) is 0 Å². The fraction of sp³-hybridized carbons (Fsp3) is 0.0909. The molecule has 0 spiro atoms. The topological polar surface area (TPSA) is 58.6 Å². The van der Waals surface area contributed by atoms with Gasteiger partial charge in [0.25, 0.3) is 0 Å². The Balaban J connectivity index is 1.64. The first-order chi connectivity index (χ1) is 13.2. The summed E-state index contributed by atoms with van der Waals surface area (Å²) in [5, 5.41) is 2.63. The minimum absolute atomic E-state index is 0.403.